The second-order valence-corrected chi connectivity index (χ2v) is 5.54. The molecular formula is C13H10F7NO2. The normalized spacial score (nSPS) is 32.3. The summed E-state index contributed by atoms with van der Waals surface area (Å²) in [7, 11) is 0. The van der Waals surface area contributed by atoms with E-state index in [2.05, 4.69) is 4.98 Å². The minimum Gasteiger partial charge on any atom is -0.488 e. The van der Waals surface area contributed by atoms with Crippen LogP contribution in [0.2, 0.25) is 0 Å². The van der Waals surface area contributed by atoms with Crippen molar-refractivity contribution in [1.29, 1.82) is 0 Å². The minimum absolute atomic E-state index is 0.0777. The molecule has 2 aliphatic rings. The first-order valence-corrected chi connectivity index (χ1v) is 6.64. The number of halogens is 7. The van der Waals surface area contributed by atoms with E-state index in [0.717, 1.165) is 0 Å². The summed E-state index contributed by atoms with van der Waals surface area (Å²) in [5.41, 5.74) is -4.19. The first-order valence-electron chi connectivity index (χ1n) is 6.64. The first-order chi connectivity index (χ1) is 10.5. The number of hydrogen-bond acceptors (Lipinski definition) is 3. The molecule has 128 valence electrons. The van der Waals surface area contributed by atoms with Crippen LogP contribution in [-0.4, -0.2) is 28.3 Å². The molecule has 0 unspecified atom stereocenters. The summed E-state index contributed by atoms with van der Waals surface area (Å²) in [6, 6.07) is 0. The molecular weight excluding hydrogens is 335 g/mol. The number of alkyl halides is 7. The van der Waals surface area contributed by atoms with E-state index >= 15 is 0 Å². The standard InChI is InChI=1S/C13H10F7NO2/c14-4-1-5(2-4)23-6-3-21-10(13(18,19)20)8-7(6)9(15)12(16,17)11(8)22/h3-5,9,11,22H,1-2H2/t4-,5-,9-,11+/m1/s1. The number of rotatable bonds is 2. The van der Waals surface area contributed by atoms with E-state index in [0.29, 0.717) is 6.20 Å². The van der Waals surface area contributed by atoms with Crippen molar-refractivity contribution < 1.29 is 40.6 Å². The Labute approximate surface area is 125 Å². The molecule has 0 amide bonds. The Balaban J connectivity index is 2.08. The average Bonchev–Trinajstić information content (AvgIpc) is 2.58. The third-order valence-corrected chi connectivity index (χ3v) is 3.95. The monoisotopic (exact) mass is 345 g/mol. The van der Waals surface area contributed by atoms with E-state index < -0.39 is 59.2 Å². The molecule has 23 heavy (non-hydrogen) atoms. The number of fused-ring (bicyclic) bond motifs is 1. The van der Waals surface area contributed by atoms with E-state index in [-0.39, 0.29) is 12.8 Å². The topological polar surface area (TPSA) is 42.4 Å². The van der Waals surface area contributed by atoms with Gasteiger partial charge in [-0.2, -0.15) is 22.0 Å². The predicted octanol–water partition coefficient (Wildman–Crippen LogP) is 3.67. The lowest BCUT2D eigenvalue weighted by atomic mass is 9.93. The molecule has 0 aliphatic heterocycles. The molecule has 0 saturated heterocycles. The van der Waals surface area contributed by atoms with Crippen LogP contribution in [0.5, 0.6) is 5.75 Å². The average molecular weight is 345 g/mol. The molecule has 0 spiro atoms. The molecule has 2 aliphatic carbocycles. The molecule has 3 nitrogen and oxygen atoms in total. The van der Waals surface area contributed by atoms with Gasteiger partial charge in [-0.25, -0.2) is 13.8 Å². The van der Waals surface area contributed by atoms with Gasteiger partial charge in [0, 0.05) is 24.0 Å². The van der Waals surface area contributed by atoms with Gasteiger partial charge in [0.05, 0.1) is 6.20 Å². The second-order valence-electron chi connectivity index (χ2n) is 5.54. The molecule has 0 radical (unpaired) electrons. The summed E-state index contributed by atoms with van der Waals surface area (Å²) < 4.78 is 97.7. The van der Waals surface area contributed by atoms with Crippen LogP contribution in [0.3, 0.4) is 0 Å². The maximum atomic E-state index is 14.0. The fourth-order valence-corrected chi connectivity index (χ4v) is 2.68. The Morgan fingerprint density at radius 3 is 2.30 bits per heavy atom. The van der Waals surface area contributed by atoms with Crippen molar-refractivity contribution in [3.63, 3.8) is 0 Å². The Hall–Kier alpha value is -1.58. The maximum Gasteiger partial charge on any atom is 0.433 e. The van der Waals surface area contributed by atoms with Gasteiger partial charge >= 0.3 is 12.1 Å². The van der Waals surface area contributed by atoms with Crippen LogP contribution >= 0.6 is 0 Å². The number of hydrogen-bond donors (Lipinski definition) is 1. The third kappa shape index (κ3) is 2.43. The molecule has 1 N–H and O–H groups in total. The first kappa shape index (κ1) is 16.3. The highest BCUT2D eigenvalue weighted by Crippen LogP contribution is 2.57. The molecule has 1 aromatic rings. The lowest BCUT2D eigenvalue weighted by Gasteiger charge is -2.31. The van der Waals surface area contributed by atoms with Crippen molar-refractivity contribution in [2.45, 2.75) is 49.5 Å². The molecule has 1 aromatic heterocycles. The summed E-state index contributed by atoms with van der Waals surface area (Å²) >= 11 is 0. The highest BCUT2D eigenvalue weighted by molar-refractivity contribution is 5.50. The van der Waals surface area contributed by atoms with Crippen LogP contribution in [0.15, 0.2) is 6.20 Å². The predicted molar refractivity (Wildman–Crippen MR) is 61.5 cm³/mol. The Morgan fingerprint density at radius 1 is 1.17 bits per heavy atom. The Morgan fingerprint density at radius 2 is 1.78 bits per heavy atom. The van der Waals surface area contributed by atoms with Crippen LogP contribution in [0.1, 0.15) is 41.9 Å². The quantitative estimate of drug-likeness (QED) is 0.832. The highest BCUT2D eigenvalue weighted by atomic mass is 19.4. The van der Waals surface area contributed by atoms with E-state index in [1.807, 2.05) is 0 Å². The summed E-state index contributed by atoms with van der Waals surface area (Å²) in [5, 5.41) is 9.45. The maximum absolute atomic E-state index is 14.0. The third-order valence-electron chi connectivity index (χ3n) is 3.95. The zero-order valence-corrected chi connectivity index (χ0v) is 11.2. The van der Waals surface area contributed by atoms with E-state index in [9.17, 15) is 35.8 Å². The van der Waals surface area contributed by atoms with E-state index in [4.69, 9.17) is 4.74 Å². The van der Waals surface area contributed by atoms with Crippen LogP contribution in [0, 0.1) is 0 Å². The Kier molecular flexibility index (Phi) is 3.51. The van der Waals surface area contributed by atoms with Crippen LogP contribution in [0.4, 0.5) is 30.7 Å². The van der Waals surface area contributed by atoms with Gasteiger partial charge in [0.25, 0.3) is 0 Å². The van der Waals surface area contributed by atoms with Gasteiger partial charge in [-0.15, -0.1) is 0 Å². The molecule has 1 heterocycles. The SMILES string of the molecule is O[C@H]1c2c(C(F)(F)F)ncc(O[C@H]3C[C@H](F)C3)c2[C@@H](F)C1(F)F. The molecule has 2 atom stereocenters. The van der Waals surface area contributed by atoms with Gasteiger partial charge in [-0.3, -0.25) is 0 Å². The van der Waals surface area contributed by atoms with Gasteiger partial charge in [-0.1, -0.05) is 0 Å². The van der Waals surface area contributed by atoms with Crippen molar-refractivity contribution in [2.24, 2.45) is 0 Å². The van der Waals surface area contributed by atoms with Gasteiger partial charge in [-0.05, 0) is 0 Å². The minimum atomic E-state index is -5.15. The van der Waals surface area contributed by atoms with Crippen LogP contribution in [-0.2, 0) is 6.18 Å². The molecule has 10 heteroatoms. The van der Waals surface area contributed by atoms with Crippen molar-refractivity contribution in [1.82, 2.24) is 4.98 Å². The van der Waals surface area contributed by atoms with Crippen molar-refractivity contribution in [2.75, 3.05) is 0 Å². The van der Waals surface area contributed by atoms with E-state index in [1.165, 1.54) is 0 Å². The number of ether oxygens (including phenoxy) is 1. The summed E-state index contributed by atoms with van der Waals surface area (Å²) in [6.45, 7) is 0. The van der Waals surface area contributed by atoms with Crippen LogP contribution < -0.4 is 4.74 Å². The number of aliphatic hydroxyl groups excluding tert-OH is 1. The van der Waals surface area contributed by atoms with Gasteiger partial charge in [0.2, 0.25) is 0 Å². The summed E-state index contributed by atoms with van der Waals surface area (Å²) in [4.78, 5) is 3.00. The zero-order chi connectivity index (χ0) is 17.2. The lowest BCUT2D eigenvalue weighted by Crippen LogP contribution is -2.35. The smallest absolute Gasteiger partial charge is 0.433 e. The van der Waals surface area contributed by atoms with Crippen LogP contribution in [0.25, 0.3) is 0 Å². The van der Waals surface area contributed by atoms with Crippen molar-refractivity contribution >= 4 is 0 Å². The molecule has 0 aromatic carbocycles. The molecule has 0 bridgehead atoms. The fourth-order valence-electron chi connectivity index (χ4n) is 2.68. The van der Waals surface area contributed by atoms with Gasteiger partial charge < -0.3 is 9.84 Å². The number of pyridine rings is 1. The fraction of sp³-hybridized carbons (Fsp3) is 0.615. The number of aromatic nitrogens is 1. The van der Waals surface area contributed by atoms with Gasteiger partial charge in [0.1, 0.15) is 24.1 Å². The summed E-state index contributed by atoms with van der Waals surface area (Å²) in [5.74, 6) is -5.07. The molecule has 3 rings (SSSR count). The zero-order valence-electron chi connectivity index (χ0n) is 11.2. The number of nitrogens with zero attached hydrogens (tertiary/aromatic N) is 1. The highest BCUT2D eigenvalue weighted by Gasteiger charge is 2.60. The molecule has 1 fully saturated rings. The van der Waals surface area contributed by atoms with Gasteiger partial charge in [0.15, 0.2) is 11.9 Å². The molecule has 1 saturated carbocycles. The van der Waals surface area contributed by atoms with E-state index in [1.54, 1.807) is 0 Å². The summed E-state index contributed by atoms with van der Waals surface area (Å²) in [6.07, 6.45) is -12.9. The second kappa shape index (κ2) is 4.96. The number of aliphatic hydroxyl groups is 1. The largest absolute Gasteiger partial charge is 0.488 e. The lowest BCUT2D eigenvalue weighted by molar-refractivity contribution is -0.154. The van der Waals surface area contributed by atoms with Crippen molar-refractivity contribution in [3.8, 4) is 5.75 Å². The van der Waals surface area contributed by atoms with Crippen molar-refractivity contribution in [3.05, 3.63) is 23.0 Å². The Bertz CT molecular complexity index is 627.